The lowest BCUT2D eigenvalue weighted by molar-refractivity contribution is -0.126. The Hall–Kier alpha value is -1.36. The fourth-order valence-corrected chi connectivity index (χ4v) is 2.59. The fourth-order valence-electron chi connectivity index (χ4n) is 2.59. The second kappa shape index (κ2) is 5.52. The molecular weight excluding hydrogens is 230 g/mol. The van der Waals surface area contributed by atoms with Crippen molar-refractivity contribution in [2.75, 3.05) is 13.1 Å². The topological polar surface area (TPSA) is 67.2 Å². The molecular formula is C13H21N3O2. The predicted octanol–water partition coefficient (Wildman–Crippen LogP) is 1.47. The van der Waals surface area contributed by atoms with Gasteiger partial charge in [-0.3, -0.25) is 4.79 Å². The van der Waals surface area contributed by atoms with Gasteiger partial charge in [0.05, 0.1) is 17.7 Å². The number of carbonyl (C=O) groups is 1. The van der Waals surface area contributed by atoms with Crippen LogP contribution >= 0.6 is 0 Å². The molecule has 18 heavy (non-hydrogen) atoms. The van der Waals surface area contributed by atoms with E-state index in [-0.39, 0.29) is 17.9 Å². The van der Waals surface area contributed by atoms with Gasteiger partial charge in [-0.1, -0.05) is 5.16 Å². The van der Waals surface area contributed by atoms with Gasteiger partial charge in [-0.15, -0.1) is 0 Å². The van der Waals surface area contributed by atoms with Gasteiger partial charge in [-0.2, -0.15) is 0 Å². The first-order valence-corrected chi connectivity index (χ1v) is 6.53. The van der Waals surface area contributed by atoms with Gasteiger partial charge < -0.3 is 15.2 Å². The molecule has 1 fully saturated rings. The Morgan fingerprint density at radius 2 is 2.33 bits per heavy atom. The van der Waals surface area contributed by atoms with E-state index in [0.29, 0.717) is 0 Å². The Morgan fingerprint density at radius 3 is 2.89 bits per heavy atom. The molecule has 1 aliphatic rings. The molecule has 1 saturated heterocycles. The summed E-state index contributed by atoms with van der Waals surface area (Å²) in [5.41, 5.74) is 1.84. The van der Waals surface area contributed by atoms with Crippen molar-refractivity contribution in [3.63, 3.8) is 0 Å². The van der Waals surface area contributed by atoms with Crippen molar-refractivity contribution in [2.45, 2.75) is 39.7 Å². The van der Waals surface area contributed by atoms with Gasteiger partial charge in [0.1, 0.15) is 5.76 Å². The number of nitrogens with zero attached hydrogens (tertiary/aromatic N) is 1. The molecule has 0 radical (unpaired) electrons. The van der Waals surface area contributed by atoms with E-state index in [4.69, 9.17) is 4.52 Å². The van der Waals surface area contributed by atoms with Gasteiger partial charge in [-0.25, -0.2) is 0 Å². The average molecular weight is 251 g/mol. The van der Waals surface area contributed by atoms with Crippen LogP contribution in [0.25, 0.3) is 0 Å². The molecule has 2 atom stereocenters. The van der Waals surface area contributed by atoms with Crippen LogP contribution in [0, 0.1) is 19.8 Å². The third kappa shape index (κ3) is 2.72. The SMILES string of the molecule is Cc1noc(C)c1C(C)NC(=O)C1CCCNC1. The first-order valence-electron chi connectivity index (χ1n) is 6.53. The van der Waals surface area contributed by atoms with Crippen LogP contribution in [0.2, 0.25) is 0 Å². The van der Waals surface area contributed by atoms with Crippen LogP contribution in [0.3, 0.4) is 0 Å². The Balaban J connectivity index is 1.98. The van der Waals surface area contributed by atoms with Crippen molar-refractivity contribution >= 4 is 5.91 Å². The number of hydrogen-bond donors (Lipinski definition) is 2. The van der Waals surface area contributed by atoms with E-state index in [1.165, 1.54) is 0 Å². The highest BCUT2D eigenvalue weighted by molar-refractivity contribution is 5.79. The smallest absolute Gasteiger partial charge is 0.224 e. The van der Waals surface area contributed by atoms with Crippen LogP contribution in [0.4, 0.5) is 0 Å². The van der Waals surface area contributed by atoms with E-state index in [0.717, 1.165) is 42.9 Å². The van der Waals surface area contributed by atoms with Gasteiger partial charge in [0.2, 0.25) is 5.91 Å². The maximum atomic E-state index is 12.1. The summed E-state index contributed by atoms with van der Waals surface area (Å²) in [5.74, 6) is 0.985. The van der Waals surface area contributed by atoms with E-state index >= 15 is 0 Å². The highest BCUT2D eigenvalue weighted by atomic mass is 16.5. The monoisotopic (exact) mass is 251 g/mol. The Morgan fingerprint density at radius 1 is 1.56 bits per heavy atom. The van der Waals surface area contributed by atoms with Gasteiger partial charge in [-0.05, 0) is 40.2 Å². The normalized spacial score (nSPS) is 21.6. The second-order valence-corrected chi connectivity index (χ2v) is 5.01. The molecule has 100 valence electrons. The van der Waals surface area contributed by atoms with Crippen molar-refractivity contribution in [2.24, 2.45) is 5.92 Å². The van der Waals surface area contributed by atoms with Crippen molar-refractivity contribution < 1.29 is 9.32 Å². The maximum Gasteiger partial charge on any atom is 0.224 e. The Bertz CT molecular complexity index is 402. The number of aromatic nitrogens is 1. The fraction of sp³-hybridized carbons (Fsp3) is 0.692. The van der Waals surface area contributed by atoms with E-state index in [2.05, 4.69) is 15.8 Å². The molecule has 5 nitrogen and oxygen atoms in total. The van der Waals surface area contributed by atoms with Crippen LogP contribution in [0.15, 0.2) is 4.52 Å². The molecule has 1 aliphatic heterocycles. The number of carbonyl (C=O) groups excluding carboxylic acids is 1. The summed E-state index contributed by atoms with van der Waals surface area (Å²) in [4.78, 5) is 12.1. The van der Waals surface area contributed by atoms with Gasteiger partial charge in [0.25, 0.3) is 0 Å². The van der Waals surface area contributed by atoms with Gasteiger partial charge in [0, 0.05) is 12.1 Å². The first-order chi connectivity index (χ1) is 8.59. The van der Waals surface area contributed by atoms with Crippen molar-refractivity contribution in [1.29, 1.82) is 0 Å². The summed E-state index contributed by atoms with van der Waals surface area (Å²) in [6.07, 6.45) is 2.03. The van der Waals surface area contributed by atoms with E-state index < -0.39 is 0 Å². The van der Waals surface area contributed by atoms with Crippen molar-refractivity contribution in [1.82, 2.24) is 15.8 Å². The summed E-state index contributed by atoms with van der Waals surface area (Å²) in [6, 6.07) is -0.0503. The maximum absolute atomic E-state index is 12.1. The summed E-state index contributed by atoms with van der Waals surface area (Å²) in [5, 5.41) is 10.2. The summed E-state index contributed by atoms with van der Waals surface area (Å²) in [7, 11) is 0. The minimum Gasteiger partial charge on any atom is -0.361 e. The third-order valence-corrected chi connectivity index (χ3v) is 3.55. The number of nitrogens with one attached hydrogen (secondary N) is 2. The molecule has 0 aliphatic carbocycles. The van der Waals surface area contributed by atoms with Crippen LogP contribution in [-0.4, -0.2) is 24.2 Å². The summed E-state index contributed by atoms with van der Waals surface area (Å²) >= 11 is 0. The van der Waals surface area contributed by atoms with E-state index in [9.17, 15) is 4.79 Å². The molecule has 1 aromatic rings. The molecule has 0 saturated carbocycles. The predicted molar refractivity (Wildman–Crippen MR) is 68.1 cm³/mol. The largest absolute Gasteiger partial charge is 0.361 e. The van der Waals surface area contributed by atoms with Crippen LogP contribution < -0.4 is 10.6 Å². The molecule has 2 N–H and O–H groups in total. The Labute approximate surface area is 107 Å². The molecule has 5 heteroatoms. The van der Waals surface area contributed by atoms with Crippen LogP contribution in [0.5, 0.6) is 0 Å². The number of rotatable bonds is 3. The molecule has 2 rings (SSSR count). The third-order valence-electron chi connectivity index (χ3n) is 3.55. The van der Waals surface area contributed by atoms with Gasteiger partial charge >= 0.3 is 0 Å². The zero-order valence-corrected chi connectivity index (χ0v) is 11.2. The molecule has 0 bridgehead atoms. The van der Waals surface area contributed by atoms with Crippen LogP contribution in [-0.2, 0) is 4.79 Å². The molecule has 2 heterocycles. The molecule has 1 amide bonds. The lowest BCUT2D eigenvalue weighted by Crippen LogP contribution is -2.41. The van der Waals surface area contributed by atoms with E-state index in [1.54, 1.807) is 0 Å². The Kier molecular flexibility index (Phi) is 4.01. The summed E-state index contributed by atoms with van der Waals surface area (Å²) < 4.78 is 5.13. The number of piperidine rings is 1. The molecule has 1 aromatic heterocycles. The number of amides is 1. The average Bonchev–Trinajstić information content (AvgIpc) is 2.70. The lowest BCUT2D eigenvalue weighted by Gasteiger charge is -2.24. The van der Waals surface area contributed by atoms with Crippen LogP contribution in [0.1, 0.15) is 42.8 Å². The highest BCUT2D eigenvalue weighted by Gasteiger charge is 2.24. The zero-order valence-electron chi connectivity index (χ0n) is 11.2. The lowest BCUT2D eigenvalue weighted by atomic mass is 9.97. The molecule has 0 spiro atoms. The molecule has 2 unspecified atom stereocenters. The number of hydrogen-bond acceptors (Lipinski definition) is 4. The van der Waals surface area contributed by atoms with Gasteiger partial charge in [0.15, 0.2) is 0 Å². The quantitative estimate of drug-likeness (QED) is 0.853. The van der Waals surface area contributed by atoms with E-state index in [1.807, 2.05) is 20.8 Å². The second-order valence-electron chi connectivity index (χ2n) is 5.01. The standard InChI is InChI=1S/C13H21N3O2/c1-8(12-9(2)16-18-10(12)3)15-13(17)11-5-4-6-14-7-11/h8,11,14H,4-7H2,1-3H3,(H,15,17). The van der Waals surface area contributed by atoms with Crippen molar-refractivity contribution in [3.05, 3.63) is 17.0 Å². The number of aryl methyl sites for hydroxylation is 2. The summed E-state index contributed by atoms with van der Waals surface area (Å²) in [6.45, 7) is 7.54. The highest BCUT2D eigenvalue weighted by Crippen LogP contribution is 2.21. The molecule has 0 aromatic carbocycles. The minimum atomic E-state index is -0.0503. The minimum absolute atomic E-state index is 0.0503. The first kappa shape index (κ1) is 13.1. The van der Waals surface area contributed by atoms with Crippen molar-refractivity contribution in [3.8, 4) is 0 Å². The zero-order chi connectivity index (χ0) is 13.1.